The first-order valence-corrected chi connectivity index (χ1v) is 7.16. The summed E-state index contributed by atoms with van der Waals surface area (Å²) in [4.78, 5) is 0. The first-order valence-electron chi connectivity index (χ1n) is 7.16. The van der Waals surface area contributed by atoms with E-state index in [4.69, 9.17) is 9.15 Å². The fourth-order valence-electron chi connectivity index (χ4n) is 1.79. The van der Waals surface area contributed by atoms with Crippen molar-refractivity contribution in [2.24, 2.45) is 0 Å². The van der Waals surface area contributed by atoms with Gasteiger partial charge in [-0.1, -0.05) is 13.3 Å². The molecular weight excluding hydrogens is 226 g/mol. The zero-order chi connectivity index (χ0) is 13.1. The van der Waals surface area contributed by atoms with Crippen LogP contribution in [0.1, 0.15) is 45.3 Å². The first kappa shape index (κ1) is 15.3. The molecule has 0 saturated heterocycles. The summed E-state index contributed by atoms with van der Waals surface area (Å²) in [5, 5.41) is 3.51. The number of aryl methyl sites for hydroxylation is 1. The molecule has 18 heavy (non-hydrogen) atoms. The maximum Gasteiger partial charge on any atom is 0.103 e. The Balaban J connectivity index is 1.89. The summed E-state index contributed by atoms with van der Waals surface area (Å²) in [6, 6.07) is 4.51. The van der Waals surface area contributed by atoms with Gasteiger partial charge < -0.3 is 14.5 Å². The third-order valence-electron chi connectivity index (χ3n) is 3.00. The minimum absolute atomic E-state index is 0.533. The Morgan fingerprint density at radius 2 is 2.17 bits per heavy atom. The van der Waals surface area contributed by atoms with E-state index in [0.29, 0.717) is 6.04 Å². The Morgan fingerprint density at radius 1 is 1.33 bits per heavy atom. The number of unbranched alkanes of at least 4 members (excludes halogenated alkanes) is 1. The molecule has 0 bridgehead atoms. The number of hydrogen-bond donors (Lipinski definition) is 1. The van der Waals surface area contributed by atoms with Gasteiger partial charge in [-0.25, -0.2) is 0 Å². The summed E-state index contributed by atoms with van der Waals surface area (Å²) in [6.45, 7) is 7.22. The second kappa shape index (κ2) is 10.2. The van der Waals surface area contributed by atoms with Crippen molar-refractivity contribution in [1.29, 1.82) is 0 Å². The highest BCUT2D eigenvalue weighted by atomic mass is 16.5. The number of rotatable bonds is 11. The molecule has 0 aromatic carbocycles. The van der Waals surface area contributed by atoms with Crippen LogP contribution in [0.2, 0.25) is 0 Å². The van der Waals surface area contributed by atoms with Crippen LogP contribution in [0.25, 0.3) is 0 Å². The van der Waals surface area contributed by atoms with Crippen molar-refractivity contribution in [1.82, 2.24) is 5.32 Å². The lowest BCUT2D eigenvalue weighted by Gasteiger charge is -2.12. The van der Waals surface area contributed by atoms with Crippen molar-refractivity contribution >= 4 is 0 Å². The molecule has 1 aromatic heterocycles. The summed E-state index contributed by atoms with van der Waals surface area (Å²) in [5.41, 5.74) is 0. The number of hydrogen-bond acceptors (Lipinski definition) is 3. The minimum Gasteiger partial charge on any atom is -0.469 e. The second-order valence-electron chi connectivity index (χ2n) is 4.79. The molecule has 1 aromatic rings. The van der Waals surface area contributed by atoms with Crippen molar-refractivity contribution < 1.29 is 9.15 Å². The quantitative estimate of drug-likeness (QED) is 0.614. The fraction of sp³-hybridized carbons (Fsp3) is 0.733. The molecule has 1 rings (SSSR count). The van der Waals surface area contributed by atoms with Crippen molar-refractivity contribution in [2.45, 2.75) is 52.0 Å². The van der Waals surface area contributed by atoms with Gasteiger partial charge in [0.2, 0.25) is 0 Å². The molecule has 0 amide bonds. The van der Waals surface area contributed by atoms with Crippen LogP contribution < -0.4 is 5.32 Å². The molecule has 0 spiro atoms. The van der Waals surface area contributed by atoms with E-state index in [0.717, 1.165) is 44.8 Å². The van der Waals surface area contributed by atoms with Gasteiger partial charge in [0.05, 0.1) is 6.26 Å². The Kier molecular flexibility index (Phi) is 8.61. The summed E-state index contributed by atoms with van der Waals surface area (Å²) < 4.78 is 10.8. The maximum atomic E-state index is 5.52. The molecule has 104 valence electrons. The summed E-state index contributed by atoms with van der Waals surface area (Å²) in [7, 11) is 0. The third-order valence-corrected chi connectivity index (χ3v) is 3.00. The predicted molar refractivity (Wildman–Crippen MR) is 74.8 cm³/mol. The molecule has 1 heterocycles. The van der Waals surface area contributed by atoms with E-state index in [1.807, 2.05) is 12.1 Å². The zero-order valence-corrected chi connectivity index (χ0v) is 11.8. The molecule has 1 atom stereocenters. The van der Waals surface area contributed by atoms with Crippen LogP contribution in [0.5, 0.6) is 0 Å². The van der Waals surface area contributed by atoms with E-state index in [-0.39, 0.29) is 0 Å². The van der Waals surface area contributed by atoms with Gasteiger partial charge in [0.25, 0.3) is 0 Å². The van der Waals surface area contributed by atoms with Crippen molar-refractivity contribution in [3.8, 4) is 0 Å². The lowest BCUT2D eigenvalue weighted by molar-refractivity contribution is 0.128. The molecule has 0 aliphatic heterocycles. The fourth-order valence-corrected chi connectivity index (χ4v) is 1.79. The average Bonchev–Trinajstić information content (AvgIpc) is 2.88. The molecule has 0 radical (unpaired) electrons. The topological polar surface area (TPSA) is 34.4 Å². The molecule has 3 heteroatoms. The minimum atomic E-state index is 0.533. The number of ether oxygens (including phenoxy) is 1. The van der Waals surface area contributed by atoms with E-state index in [1.54, 1.807) is 6.26 Å². The lowest BCUT2D eigenvalue weighted by atomic mass is 10.1. The van der Waals surface area contributed by atoms with E-state index in [1.165, 1.54) is 12.8 Å². The van der Waals surface area contributed by atoms with Crippen molar-refractivity contribution in [3.05, 3.63) is 24.2 Å². The van der Waals surface area contributed by atoms with E-state index in [2.05, 4.69) is 19.2 Å². The largest absolute Gasteiger partial charge is 0.469 e. The van der Waals surface area contributed by atoms with Crippen molar-refractivity contribution in [2.75, 3.05) is 19.8 Å². The molecule has 3 nitrogen and oxygen atoms in total. The van der Waals surface area contributed by atoms with E-state index in [9.17, 15) is 0 Å². The summed E-state index contributed by atoms with van der Waals surface area (Å²) in [5.74, 6) is 1.08. The van der Waals surface area contributed by atoms with Gasteiger partial charge in [-0.3, -0.25) is 0 Å². The van der Waals surface area contributed by atoms with Gasteiger partial charge >= 0.3 is 0 Å². The smallest absolute Gasteiger partial charge is 0.103 e. The highest BCUT2D eigenvalue weighted by molar-refractivity contribution is 4.98. The Hall–Kier alpha value is -0.800. The van der Waals surface area contributed by atoms with Crippen LogP contribution in [0.15, 0.2) is 22.8 Å². The molecule has 0 saturated carbocycles. The first-order chi connectivity index (χ1) is 8.83. The average molecular weight is 253 g/mol. The molecule has 0 aliphatic rings. The van der Waals surface area contributed by atoms with Crippen LogP contribution in [0, 0.1) is 0 Å². The maximum absolute atomic E-state index is 5.52. The molecule has 0 aliphatic carbocycles. The van der Waals surface area contributed by atoms with Gasteiger partial charge in [0, 0.05) is 25.7 Å². The van der Waals surface area contributed by atoms with Gasteiger partial charge in [-0.2, -0.15) is 0 Å². The Morgan fingerprint density at radius 3 is 2.89 bits per heavy atom. The third kappa shape index (κ3) is 7.51. The molecular formula is C15H27NO2. The number of furan rings is 1. The van der Waals surface area contributed by atoms with Gasteiger partial charge in [0.1, 0.15) is 5.76 Å². The highest BCUT2D eigenvalue weighted by Gasteiger charge is 2.03. The SMILES string of the molecule is CCCCOCCCNC(C)CCc1ccco1. The van der Waals surface area contributed by atoms with Crippen LogP contribution in [0.4, 0.5) is 0 Å². The predicted octanol–water partition coefficient (Wildman–Crippen LogP) is 3.40. The van der Waals surface area contributed by atoms with Crippen LogP contribution in [-0.4, -0.2) is 25.8 Å². The van der Waals surface area contributed by atoms with Gasteiger partial charge in [0.15, 0.2) is 0 Å². The Labute approximate surface area is 111 Å². The van der Waals surface area contributed by atoms with Crippen LogP contribution in [-0.2, 0) is 11.2 Å². The summed E-state index contributed by atoms with van der Waals surface area (Å²) >= 11 is 0. The molecule has 0 fully saturated rings. The molecule has 1 unspecified atom stereocenters. The van der Waals surface area contributed by atoms with Gasteiger partial charge in [-0.15, -0.1) is 0 Å². The van der Waals surface area contributed by atoms with Crippen LogP contribution >= 0.6 is 0 Å². The molecule has 1 N–H and O–H groups in total. The second-order valence-corrected chi connectivity index (χ2v) is 4.79. The number of nitrogens with one attached hydrogen (secondary N) is 1. The highest BCUT2D eigenvalue weighted by Crippen LogP contribution is 2.05. The van der Waals surface area contributed by atoms with Crippen molar-refractivity contribution in [3.63, 3.8) is 0 Å². The van der Waals surface area contributed by atoms with E-state index < -0.39 is 0 Å². The normalized spacial score (nSPS) is 12.8. The Bertz CT molecular complexity index is 272. The zero-order valence-electron chi connectivity index (χ0n) is 11.8. The lowest BCUT2D eigenvalue weighted by Crippen LogP contribution is -2.28. The standard InChI is InChI=1S/C15H27NO2/c1-3-4-11-17-12-6-10-16-14(2)8-9-15-7-5-13-18-15/h5,7,13-14,16H,3-4,6,8-12H2,1-2H3. The van der Waals surface area contributed by atoms with E-state index >= 15 is 0 Å². The van der Waals surface area contributed by atoms with Gasteiger partial charge in [-0.05, 0) is 44.9 Å². The monoisotopic (exact) mass is 253 g/mol. The summed E-state index contributed by atoms with van der Waals surface area (Å²) in [6.07, 6.45) is 7.34. The van der Waals surface area contributed by atoms with Crippen LogP contribution in [0.3, 0.4) is 0 Å².